The van der Waals surface area contributed by atoms with E-state index in [0.29, 0.717) is 0 Å². The van der Waals surface area contributed by atoms with Crippen LogP contribution in [0.3, 0.4) is 0 Å². The van der Waals surface area contributed by atoms with Crippen LogP contribution in [0.2, 0.25) is 0 Å². The Morgan fingerprint density at radius 1 is 1.27 bits per heavy atom. The third-order valence-electron chi connectivity index (χ3n) is 2.22. The fraction of sp³-hybridized carbons (Fsp3) is 1.00. The van der Waals surface area contributed by atoms with Gasteiger partial charge in [-0.05, 0) is 0 Å². The maximum Gasteiger partial charge on any atom is 0.311 e. The molecule has 7 heteroatoms. The molecule has 0 aliphatic carbocycles. The van der Waals surface area contributed by atoms with Gasteiger partial charge in [0.25, 0.3) is 0 Å². The summed E-state index contributed by atoms with van der Waals surface area (Å²) in [5.41, 5.74) is 0. The van der Waals surface area contributed by atoms with Crippen molar-refractivity contribution in [3.63, 3.8) is 0 Å². The second kappa shape index (κ2) is 5.17. The van der Waals surface area contributed by atoms with Crippen molar-refractivity contribution < 1.29 is 35.0 Å². The summed E-state index contributed by atoms with van der Waals surface area (Å²) in [6.45, 7) is -0.614. The zero-order chi connectivity index (χ0) is 10.9. The van der Waals surface area contributed by atoms with Gasteiger partial charge in [-0.2, -0.15) is 0 Å². The monoisotopic (exact) mass is 226 g/mol. The first-order valence-electron chi connectivity index (χ1n) is 4.06. The van der Waals surface area contributed by atoms with Gasteiger partial charge in [0.15, 0.2) is 6.10 Å². The second-order valence-corrected chi connectivity index (χ2v) is 3.10. The van der Waals surface area contributed by atoms with Gasteiger partial charge in [-0.25, -0.2) is 0 Å². The molecule has 0 aromatic rings. The largest absolute Gasteiger partial charge is 0.394 e. The highest BCUT2D eigenvalue weighted by Crippen LogP contribution is 2.28. The van der Waals surface area contributed by atoms with Gasteiger partial charge in [0.05, 0.1) is 6.61 Å². The molecule has 1 heterocycles. The summed E-state index contributed by atoms with van der Waals surface area (Å²) in [4.78, 5) is 0. The Morgan fingerprint density at radius 2 is 1.80 bits per heavy atom. The van der Waals surface area contributed by atoms with E-state index in [-0.39, 0.29) is 7.43 Å². The molecule has 92 valence electrons. The van der Waals surface area contributed by atoms with Gasteiger partial charge in [0, 0.05) is 7.11 Å². The van der Waals surface area contributed by atoms with E-state index in [9.17, 15) is 20.4 Å². The van der Waals surface area contributed by atoms with Crippen molar-refractivity contribution in [1.29, 1.82) is 0 Å². The predicted octanol–water partition coefficient (Wildman–Crippen LogP) is -2.61. The molecule has 0 spiro atoms. The lowest BCUT2D eigenvalue weighted by molar-refractivity contribution is -0.442. The van der Waals surface area contributed by atoms with Crippen LogP contribution in [-0.2, 0) is 9.47 Å². The van der Waals surface area contributed by atoms with Crippen molar-refractivity contribution in [1.82, 2.24) is 0 Å². The third-order valence-corrected chi connectivity index (χ3v) is 2.22. The van der Waals surface area contributed by atoms with E-state index in [1.165, 1.54) is 0 Å². The van der Waals surface area contributed by atoms with Crippen molar-refractivity contribution in [3.8, 4) is 0 Å². The fourth-order valence-electron chi connectivity index (χ4n) is 1.29. The second-order valence-electron chi connectivity index (χ2n) is 3.10. The van der Waals surface area contributed by atoms with Gasteiger partial charge in [-0.3, -0.25) is 0 Å². The zero-order valence-electron chi connectivity index (χ0n) is 7.57. The molecule has 1 rings (SSSR count). The van der Waals surface area contributed by atoms with Crippen LogP contribution in [-0.4, -0.2) is 69.6 Å². The van der Waals surface area contributed by atoms with Gasteiger partial charge in [0.1, 0.15) is 18.3 Å². The smallest absolute Gasteiger partial charge is 0.311 e. The summed E-state index contributed by atoms with van der Waals surface area (Å²) in [5.74, 6) is -2.41. The lowest BCUT2D eigenvalue weighted by Crippen LogP contribution is -2.65. The molecular weight excluding hydrogens is 208 g/mol. The van der Waals surface area contributed by atoms with Crippen LogP contribution in [0.15, 0.2) is 0 Å². The summed E-state index contributed by atoms with van der Waals surface area (Å²) in [6, 6.07) is 0. The normalized spacial score (nSPS) is 46.0. The molecule has 15 heavy (non-hydrogen) atoms. The van der Waals surface area contributed by atoms with Gasteiger partial charge in [0.2, 0.25) is 0 Å². The molecule has 1 aliphatic heterocycles. The molecule has 0 bridgehead atoms. The van der Waals surface area contributed by atoms with E-state index in [1.807, 2.05) is 0 Å². The minimum absolute atomic E-state index is 0. The minimum atomic E-state index is -2.41. The van der Waals surface area contributed by atoms with Crippen molar-refractivity contribution in [2.24, 2.45) is 0 Å². The van der Waals surface area contributed by atoms with Gasteiger partial charge >= 0.3 is 5.97 Å². The van der Waals surface area contributed by atoms with E-state index in [4.69, 9.17) is 9.84 Å². The van der Waals surface area contributed by atoms with Crippen LogP contribution < -0.4 is 0 Å². The highest BCUT2D eigenvalue weighted by atomic mass is 16.8. The van der Waals surface area contributed by atoms with E-state index >= 15 is 0 Å². The molecule has 5 atom stereocenters. The Balaban J connectivity index is 0.00000196. The van der Waals surface area contributed by atoms with Crippen LogP contribution in [0.4, 0.5) is 0 Å². The quantitative estimate of drug-likeness (QED) is 0.327. The SMILES string of the molecule is C.COC1(O)OC(CO)C(O)C(O)C1O. The molecule has 0 aromatic heterocycles. The first-order valence-corrected chi connectivity index (χ1v) is 4.06. The van der Waals surface area contributed by atoms with Gasteiger partial charge in [-0.1, -0.05) is 7.43 Å². The Bertz CT molecular complexity index is 197. The van der Waals surface area contributed by atoms with Gasteiger partial charge in [-0.15, -0.1) is 0 Å². The van der Waals surface area contributed by atoms with Crippen molar-refractivity contribution >= 4 is 0 Å². The van der Waals surface area contributed by atoms with E-state index in [2.05, 4.69) is 4.74 Å². The zero-order valence-corrected chi connectivity index (χ0v) is 7.57. The molecule has 1 fully saturated rings. The number of rotatable bonds is 2. The summed E-state index contributed by atoms with van der Waals surface area (Å²) in [7, 11) is 1.06. The lowest BCUT2D eigenvalue weighted by Gasteiger charge is -2.43. The van der Waals surface area contributed by atoms with E-state index < -0.39 is 37.0 Å². The molecule has 1 saturated heterocycles. The van der Waals surface area contributed by atoms with Crippen LogP contribution in [0.1, 0.15) is 7.43 Å². The average molecular weight is 226 g/mol. The van der Waals surface area contributed by atoms with Crippen LogP contribution in [0, 0.1) is 0 Å². The average Bonchev–Trinajstić information content (AvgIpc) is 2.20. The molecule has 7 nitrogen and oxygen atoms in total. The highest BCUT2D eigenvalue weighted by Gasteiger charge is 2.53. The highest BCUT2D eigenvalue weighted by molar-refractivity contribution is 4.91. The Kier molecular flexibility index (Phi) is 5.07. The van der Waals surface area contributed by atoms with Crippen molar-refractivity contribution in [2.45, 2.75) is 37.8 Å². The number of aliphatic hydroxyl groups is 5. The predicted molar refractivity (Wildman–Crippen MR) is 48.7 cm³/mol. The maximum atomic E-state index is 9.46. The van der Waals surface area contributed by atoms with Crippen molar-refractivity contribution in [2.75, 3.05) is 13.7 Å². The van der Waals surface area contributed by atoms with Crippen LogP contribution in [0.25, 0.3) is 0 Å². The third kappa shape index (κ3) is 2.45. The Labute approximate surface area is 87.5 Å². The topological polar surface area (TPSA) is 120 Å². The molecule has 0 radical (unpaired) electrons. The number of aliphatic hydroxyl groups excluding tert-OH is 4. The maximum absolute atomic E-state index is 9.46. The summed E-state index contributed by atoms with van der Waals surface area (Å²) >= 11 is 0. The first kappa shape index (κ1) is 14.7. The van der Waals surface area contributed by atoms with E-state index in [0.717, 1.165) is 7.11 Å². The standard InChI is InChI=1S/C7H14O7.CH4/c1-13-7(12)6(11)5(10)4(9)3(2-8)14-7;/h3-6,8-12H,2H2,1H3;1H4. The van der Waals surface area contributed by atoms with Crippen LogP contribution >= 0.6 is 0 Å². The Morgan fingerprint density at radius 3 is 2.20 bits per heavy atom. The summed E-state index contributed by atoms with van der Waals surface area (Å²) in [5, 5.41) is 46.1. The molecule has 0 saturated carbocycles. The Hall–Kier alpha value is -0.280. The lowest BCUT2D eigenvalue weighted by atomic mass is 9.98. The van der Waals surface area contributed by atoms with Gasteiger partial charge < -0.3 is 35.0 Å². The first-order chi connectivity index (χ1) is 6.46. The van der Waals surface area contributed by atoms with Crippen molar-refractivity contribution in [3.05, 3.63) is 0 Å². The minimum Gasteiger partial charge on any atom is -0.394 e. The molecule has 1 aliphatic rings. The molecule has 5 N–H and O–H groups in total. The molecular formula is C8H18O7. The van der Waals surface area contributed by atoms with Crippen LogP contribution in [0.5, 0.6) is 0 Å². The fourth-order valence-corrected chi connectivity index (χ4v) is 1.29. The number of ether oxygens (including phenoxy) is 2. The molecule has 0 amide bonds. The molecule has 5 unspecified atom stereocenters. The number of hydrogen-bond donors (Lipinski definition) is 5. The summed E-state index contributed by atoms with van der Waals surface area (Å²) < 4.78 is 9.13. The summed E-state index contributed by atoms with van der Waals surface area (Å²) in [6.07, 6.45) is -6.14. The number of methoxy groups -OCH3 is 1. The molecule has 0 aromatic carbocycles. The number of hydrogen-bond acceptors (Lipinski definition) is 7. The van der Waals surface area contributed by atoms with E-state index in [1.54, 1.807) is 0 Å².